The molecule has 0 aromatic heterocycles. The Morgan fingerprint density at radius 3 is 3.22 bits per heavy atom. The van der Waals surface area contributed by atoms with Crippen LogP contribution in [0.3, 0.4) is 0 Å². The molecule has 1 rings (SSSR count). The summed E-state index contributed by atoms with van der Waals surface area (Å²) in [5.74, 6) is -0.356. The average molecular weight is 146 g/mol. The third kappa shape index (κ3) is 1.98. The predicted octanol–water partition coefficient (Wildman–Crippen LogP) is 2.39. The van der Waals surface area contributed by atoms with Gasteiger partial charge in [0.15, 0.2) is 0 Å². The first kappa shape index (κ1) is 6.49. The zero-order chi connectivity index (χ0) is 6.69. The maximum absolute atomic E-state index is 12.2. The molecule has 0 unspecified atom stereocenters. The molecule has 0 aromatic rings. The minimum atomic E-state index is -0.356. The Morgan fingerprint density at radius 1 is 1.67 bits per heavy atom. The lowest BCUT2D eigenvalue weighted by molar-refractivity contribution is 0.664. The second-order valence-corrected chi connectivity index (χ2v) is 2.06. The summed E-state index contributed by atoms with van der Waals surface area (Å²) >= 11 is 5.47. The molecule has 0 aliphatic carbocycles. The van der Waals surface area contributed by atoms with Gasteiger partial charge in [0, 0.05) is 6.42 Å². The van der Waals surface area contributed by atoms with Crippen molar-refractivity contribution >= 4 is 16.8 Å². The van der Waals surface area contributed by atoms with Gasteiger partial charge < -0.3 is 0 Å². The highest BCUT2D eigenvalue weighted by Crippen LogP contribution is 2.07. The summed E-state index contributed by atoms with van der Waals surface area (Å²) in [4.78, 5) is 3.59. The first-order valence-electron chi connectivity index (χ1n) is 2.53. The average Bonchev–Trinajstić information content (AvgIpc) is 1.97. The highest BCUT2D eigenvalue weighted by Gasteiger charge is 1.94. The van der Waals surface area contributed by atoms with Gasteiger partial charge in [-0.05, 0) is 6.08 Å². The Hall–Kier alpha value is -0.630. The second kappa shape index (κ2) is 2.78. The largest absolute Gasteiger partial charge is 0.246 e. The molecule has 1 nitrogen and oxygen atoms in total. The molecule has 0 radical (unpaired) electrons. The minimum Gasteiger partial charge on any atom is -0.246 e. The van der Waals surface area contributed by atoms with E-state index in [1.807, 2.05) is 0 Å². The maximum Gasteiger partial charge on any atom is 0.141 e. The van der Waals surface area contributed by atoms with Crippen molar-refractivity contribution in [2.24, 2.45) is 4.99 Å². The van der Waals surface area contributed by atoms with Crippen LogP contribution in [0, 0.1) is 0 Å². The Bertz CT molecular complexity index is 193. The molecular formula is C6H5ClFN. The van der Waals surface area contributed by atoms with Crippen molar-refractivity contribution in [2.45, 2.75) is 6.42 Å². The van der Waals surface area contributed by atoms with Crippen molar-refractivity contribution in [1.29, 1.82) is 0 Å². The van der Waals surface area contributed by atoms with Gasteiger partial charge in [-0.2, -0.15) is 0 Å². The van der Waals surface area contributed by atoms with Gasteiger partial charge in [0.05, 0.1) is 6.20 Å². The fraction of sp³-hybridized carbons (Fsp3) is 0.167. The number of hydrogen-bond donors (Lipinski definition) is 0. The normalized spacial score (nSPS) is 18.4. The van der Waals surface area contributed by atoms with Gasteiger partial charge in [-0.15, -0.1) is 0 Å². The molecule has 9 heavy (non-hydrogen) atoms. The van der Waals surface area contributed by atoms with E-state index in [2.05, 4.69) is 4.99 Å². The van der Waals surface area contributed by atoms with Crippen LogP contribution in [0.5, 0.6) is 0 Å². The Morgan fingerprint density at radius 2 is 2.44 bits per heavy atom. The van der Waals surface area contributed by atoms with Crippen LogP contribution in [-0.2, 0) is 0 Å². The van der Waals surface area contributed by atoms with Gasteiger partial charge in [-0.1, -0.05) is 17.7 Å². The number of hydrogen-bond acceptors (Lipinski definition) is 1. The monoisotopic (exact) mass is 145 g/mol. The van der Waals surface area contributed by atoms with Crippen LogP contribution in [0.1, 0.15) is 6.42 Å². The van der Waals surface area contributed by atoms with Crippen LogP contribution < -0.4 is 0 Å². The van der Waals surface area contributed by atoms with Crippen molar-refractivity contribution in [2.75, 3.05) is 0 Å². The summed E-state index contributed by atoms with van der Waals surface area (Å²) in [6.07, 6.45) is 4.60. The van der Waals surface area contributed by atoms with Crippen molar-refractivity contribution in [1.82, 2.24) is 0 Å². The second-order valence-electron chi connectivity index (χ2n) is 1.63. The summed E-state index contributed by atoms with van der Waals surface area (Å²) in [5, 5.41) is 0.416. The van der Waals surface area contributed by atoms with Crippen LogP contribution in [0.2, 0.25) is 0 Å². The summed E-state index contributed by atoms with van der Waals surface area (Å²) in [6.45, 7) is 0. The maximum atomic E-state index is 12.2. The van der Waals surface area contributed by atoms with E-state index >= 15 is 0 Å². The van der Waals surface area contributed by atoms with Gasteiger partial charge in [0.1, 0.15) is 11.0 Å². The lowest BCUT2D eigenvalue weighted by atomic mass is 10.4. The van der Waals surface area contributed by atoms with E-state index in [-0.39, 0.29) is 5.83 Å². The molecule has 1 aliphatic rings. The number of aliphatic imine (C=N–C) groups is 1. The number of allylic oxidation sites excluding steroid dienone is 3. The van der Waals surface area contributed by atoms with E-state index in [0.29, 0.717) is 11.6 Å². The van der Waals surface area contributed by atoms with E-state index in [1.165, 1.54) is 6.08 Å². The molecule has 0 fully saturated rings. The molecule has 48 valence electrons. The number of halogens is 2. The van der Waals surface area contributed by atoms with E-state index in [4.69, 9.17) is 11.6 Å². The zero-order valence-corrected chi connectivity index (χ0v) is 5.40. The number of rotatable bonds is 0. The van der Waals surface area contributed by atoms with E-state index < -0.39 is 0 Å². The van der Waals surface area contributed by atoms with E-state index in [9.17, 15) is 4.39 Å². The smallest absolute Gasteiger partial charge is 0.141 e. The zero-order valence-electron chi connectivity index (χ0n) is 4.64. The molecule has 0 N–H and O–H groups in total. The van der Waals surface area contributed by atoms with Gasteiger partial charge in [-0.3, -0.25) is 0 Å². The van der Waals surface area contributed by atoms with Crippen molar-refractivity contribution in [3.8, 4) is 0 Å². The highest BCUT2D eigenvalue weighted by atomic mass is 35.5. The Balaban J connectivity index is 2.80. The van der Waals surface area contributed by atoms with Crippen molar-refractivity contribution in [3.05, 3.63) is 24.2 Å². The molecule has 0 bridgehead atoms. The van der Waals surface area contributed by atoms with E-state index in [0.717, 1.165) is 6.20 Å². The quantitative estimate of drug-likeness (QED) is 0.496. The molecule has 3 heteroatoms. The predicted molar refractivity (Wildman–Crippen MR) is 36.2 cm³/mol. The molecule has 0 saturated heterocycles. The third-order valence-corrected chi connectivity index (χ3v) is 1.14. The first-order chi connectivity index (χ1) is 4.29. The Kier molecular flexibility index (Phi) is 2.01. The van der Waals surface area contributed by atoms with Crippen LogP contribution in [0.25, 0.3) is 0 Å². The summed E-state index contributed by atoms with van der Waals surface area (Å²) < 4.78 is 12.2. The molecular weight excluding hydrogens is 141 g/mol. The van der Waals surface area contributed by atoms with Gasteiger partial charge in [0.2, 0.25) is 0 Å². The third-order valence-electron chi connectivity index (χ3n) is 0.891. The molecule has 0 spiro atoms. The van der Waals surface area contributed by atoms with Crippen molar-refractivity contribution < 1.29 is 4.39 Å². The summed E-state index contributed by atoms with van der Waals surface area (Å²) in [6, 6.07) is 0. The molecule has 0 amide bonds. The van der Waals surface area contributed by atoms with E-state index in [1.54, 1.807) is 6.08 Å². The summed E-state index contributed by atoms with van der Waals surface area (Å²) in [5.41, 5.74) is 0. The highest BCUT2D eigenvalue weighted by molar-refractivity contribution is 6.65. The van der Waals surface area contributed by atoms with Crippen LogP contribution >= 0.6 is 11.6 Å². The fourth-order valence-corrected chi connectivity index (χ4v) is 0.634. The van der Waals surface area contributed by atoms with Crippen LogP contribution in [0.4, 0.5) is 4.39 Å². The minimum absolute atomic E-state index is 0.356. The SMILES string of the molecule is FC1=CN=C(Cl)CC=C1. The van der Waals surface area contributed by atoms with Crippen LogP contribution in [0.15, 0.2) is 29.2 Å². The first-order valence-corrected chi connectivity index (χ1v) is 2.91. The van der Waals surface area contributed by atoms with Crippen LogP contribution in [-0.4, -0.2) is 5.17 Å². The van der Waals surface area contributed by atoms with Gasteiger partial charge >= 0.3 is 0 Å². The number of nitrogens with zero attached hydrogens (tertiary/aromatic N) is 1. The van der Waals surface area contributed by atoms with Crippen molar-refractivity contribution in [3.63, 3.8) is 0 Å². The van der Waals surface area contributed by atoms with Gasteiger partial charge in [-0.25, -0.2) is 9.38 Å². The lowest BCUT2D eigenvalue weighted by Crippen LogP contribution is -1.78. The molecule has 0 aromatic carbocycles. The molecule has 1 heterocycles. The molecule has 0 atom stereocenters. The summed E-state index contributed by atoms with van der Waals surface area (Å²) in [7, 11) is 0. The lowest BCUT2D eigenvalue weighted by Gasteiger charge is -1.81. The Labute approximate surface area is 57.5 Å². The molecule has 0 saturated carbocycles. The van der Waals surface area contributed by atoms with Gasteiger partial charge in [0.25, 0.3) is 0 Å². The topological polar surface area (TPSA) is 12.4 Å². The molecule has 1 aliphatic heterocycles. The fourth-order valence-electron chi connectivity index (χ4n) is 0.496. The standard InChI is InChI=1S/C6H5ClFN/c7-6-3-1-2-5(8)4-9-6/h1-2,4H,3H2.